The van der Waals surface area contributed by atoms with Crippen LogP contribution in [0, 0.1) is 6.92 Å². The van der Waals surface area contributed by atoms with Gasteiger partial charge in [-0.05, 0) is 28.8 Å². The minimum absolute atomic E-state index is 0.136. The molecule has 96 valence electrons. The molecule has 0 aliphatic heterocycles. The Morgan fingerprint density at radius 3 is 2.78 bits per heavy atom. The second-order valence-electron chi connectivity index (χ2n) is 4.01. The minimum Gasteiger partial charge on any atom is -0.383 e. The molecule has 0 amide bonds. The minimum atomic E-state index is -0.519. The Kier molecular flexibility index (Phi) is 3.24. The van der Waals surface area contributed by atoms with Gasteiger partial charge in [0.15, 0.2) is 0 Å². The van der Waals surface area contributed by atoms with Gasteiger partial charge in [-0.25, -0.2) is 4.79 Å². The SMILES string of the molecule is Cc1cscc1CNc1c(N)n(C)c(=O)[nH]c1=O. The predicted octanol–water partition coefficient (Wildman–Crippen LogP) is 0.638. The average molecular weight is 266 g/mol. The van der Waals surface area contributed by atoms with E-state index in [4.69, 9.17) is 5.73 Å². The van der Waals surface area contributed by atoms with Gasteiger partial charge < -0.3 is 11.1 Å². The molecule has 0 spiro atoms. The lowest BCUT2D eigenvalue weighted by Gasteiger charge is -2.10. The van der Waals surface area contributed by atoms with Gasteiger partial charge in [0.2, 0.25) is 0 Å². The molecule has 0 aliphatic carbocycles. The number of rotatable bonds is 3. The monoisotopic (exact) mass is 266 g/mol. The van der Waals surface area contributed by atoms with E-state index < -0.39 is 11.2 Å². The fourth-order valence-electron chi connectivity index (χ4n) is 1.56. The van der Waals surface area contributed by atoms with Gasteiger partial charge in [0, 0.05) is 13.6 Å². The van der Waals surface area contributed by atoms with Gasteiger partial charge in [0.1, 0.15) is 11.5 Å². The van der Waals surface area contributed by atoms with Crippen molar-refractivity contribution in [1.29, 1.82) is 0 Å². The van der Waals surface area contributed by atoms with Crippen LogP contribution >= 0.6 is 11.3 Å². The van der Waals surface area contributed by atoms with Gasteiger partial charge in [-0.1, -0.05) is 0 Å². The van der Waals surface area contributed by atoms with Crippen LogP contribution in [-0.2, 0) is 13.6 Å². The van der Waals surface area contributed by atoms with Crippen molar-refractivity contribution < 1.29 is 0 Å². The summed E-state index contributed by atoms with van der Waals surface area (Å²) in [5.41, 5.74) is 7.22. The molecule has 0 aromatic carbocycles. The molecular formula is C11H14N4O2S. The first-order chi connectivity index (χ1) is 8.50. The highest BCUT2D eigenvalue weighted by atomic mass is 32.1. The van der Waals surface area contributed by atoms with Crippen LogP contribution in [0.3, 0.4) is 0 Å². The van der Waals surface area contributed by atoms with Crippen LogP contribution in [0.4, 0.5) is 11.5 Å². The van der Waals surface area contributed by atoms with Gasteiger partial charge in [-0.15, -0.1) is 0 Å². The molecule has 0 radical (unpaired) electrons. The highest BCUT2D eigenvalue weighted by Gasteiger charge is 2.09. The lowest BCUT2D eigenvalue weighted by molar-refractivity contribution is 0.812. The quantitative estimate of drug-likeness (QED) is 0.760. The molecule has 6 nitrogen and oxygen atoms in total. The van der Waals surface area contributed by atoms with Crippen molar-refractivity contribution in [2.75, 3.05) is 11.1 Å². The molecule has 2 rings (SSSR count). The summed E-state index contributed by atoms with van der Waals surface area (Å²) in [4.78, 5) is 25.2. The molecule has 2 aromatic rings. The summed E-state index contributed by atoms with van der Waals surface area (Å²) < 4.78 is 1.20. The molecule has 0 atom stereocenters. The molecule has 2 aromatic heterocycles. The molecular weight excluding hydrogens is 252 g/mol. The molecule has 4 N–H and O–H groups in total. The number of H-pyrrole nitrogens is 1. The van der Waals surface area contributed by atoms with Crippen molar-refractivity contribution in [3.8, 4) is 0 Å². The van der Waals surface area contributed by atoms with Crippen LogP contribution in [0.5, 0.6) is 0 Å². The van der Waals surface area contributed by atoms with Gasteiger partial charge in [0.05, 0.1) is 0 Å². The summed E-state index contributed by atoms with van der Waals surface area (Å²) in [6, 6.07) is 0. The summed E-state index contributed by atoms with van der Waals surface area (Å²) in [6.07, 6.45) is 0. The first kappa shape index (κ1) is 12.4. The van der Waals surface area contributed by atoms with E-state index in [1.54, 1.807) is 11.3 Å². The third-order valence-electron chi connectivity index (χ3n) is 2.79. The lowest BCUT2D eigenvalue weighted by atomic mass is 10.2. The fraction of sp³-hybridized carbons (Fsp3) is 0.273. The Hall–Kier alpha value is -2.02. The van der Waals surface area contributed by atoms with Crippen LogP contribution in [0.15, 0.2) is 20.3 Å². The largest absolute Gasteiger partial charge is 0.383 e. The molecule has 0 aliphatic rings. The van der Waals surface area contributed by atoms with E-state index in [-0.39, 0.29) is 11.5 Å². The Bertz CT molecular complexity index is 683. The number of aromatic nitrogens is 2. The Labute approximate surface area is 107 Å². The maximum absolute atomic E-state index is 11.6. The van der Waals surface area contributed by atoms with Crippen molar-refractivity contribution in [3.63, 3.8) is 0 Å². The van der Waals surface area contributed by atoms with Crippen molar-refractivity contribution >= 4 is 22.8 Å². The van der Waals surface area contributed by atoms with Crippen LogP contribution in [-0.4, -0.2) is 9.55 Å². The van der Waals surface area contributed by atoms with Gasteiger partial charge in [0.25, 0.3) is 5.56 Å². The zero-order chi connectivity index (χ0) is 13.3. The Morgan fingerprint density at radius 1 is 1.44 bits per heavy atom. The summed E-state index contributed by atoms with van der Waals surface area (Å²) >= 11 is 1.60. The summed E-state index contributed by atoms with van der Waals surface area (Å²) in [5, 5.41) is 7.01. The van der Waals surface area contributed by atoms with E-state index in [0.717, 1.165) is 11.1 Å². The number of nitrogens with zero attached hydrogens (tertiary/aromatic N) is 1. The molecule has 0 bridgehead atoms. The topological polar surface area (TPSA) is 92.9 Å². The first-order valence-corrected chi connectivity index (χ1v) is 6.29. The number of nitrogens with two attached hydrogens (primary N) is 1. The van der Waals surface area contributed by atoms with E-state index >= 15 is 0 Å². The third kappa shape index (κ3) is 2.17. The second kappa shape index (κ2) is 4.69. The van der Waals surface area contributed by atoms with Crippen LogP contribution in [0.25, 0.3) is 0 Å². The van der Waals surface area contributed by atoms with Crippen molar-refractivity contribution in [1.82, 2.24) is 9.55 Å². The van der Waals surface area contributed by atoms with E-state index in [9.17, 15) is 9.59 Å². The first-order valence-electron chi connectivity index (χ1n) is 5.35. The number of thiophene rings is 1. The molecule has 0 fully saturated rings. The number of hydrogen-bond acceptors (Lipinski definition) is 5. The summed E-state index contributed by atoms with van der Waals surface area (Å²) in [7, 11) is 1.51. The fourth-order valence-corrected chi connectivity index (χ4v) is 2.42. The van der Waals surface area contributed by atoms with Crippen LogP contribution < -0.4 is 22.3 Å². The van der Waals surface area contributed by atoms with Crippen molar-refractivity contribution in [2.24, 2.45) is 7.05 Å². The Morgan fingerprint density at radius 2 is 2.17 bits per heavy atom. The number of aryl methyl sites for hydroxylation is 1. The summed E-state index contributed by atoms with van der Waals surface area (Å²) in [6.45, 7) is 2.50. The molecule has 0 saturated carbocycles. The standard InChI is InChI=1S/C11H14N4O2S/c1-6-4-18-5-7(6)3-13-8-9(12)15(2)11(17)14-10(8)16/h4-5,13H,3,12H2,1-2H3,(H,14,16,17). The van der Waals surface area contributed by atoms with Crippen LogP contribution in [0.1, 0.15) is 11.1 Å². The van der Waals surface area contributed by atoms with E-state index in [0.29, 0.717) is 6.54 Å². The molecule has 0 saturated heterocycles. The van der Waals surface area contributed by atoms with E-state index in [1.807, 2.05) is 17.7 Å². The van der Waals surface area contributed by atoms with Crippen molar-refractivity contribution in [2.45, 2.75) is 13.5 Å². The molecule has 0 unspecified atom stereocenters. The zero-order valence-electron chi connectivity index (χ0n) is 10.1. The van der Waals surface area contributed by atoms with Gasteiger partial charge in [-0.3, -0.25) is 14.3 Å². The predicted molar refractivity (Wildman–Crippen MR) is 73.1 cm³/mol. The van der Waals surface area contributed by atoms with E-state index in [2.05, 4.69) is 10.3 Å². The normalized spacial score (nSPS) is 10.6. The maximum atomic E-state index is 11.6. The maximum Gasteiger partial charge on any atom is 0.329 e. The lowest BCUT2D eigenvalue weighted by Crippen LogP contribution is -2.32. The van der Waals surface area contributed by atoms with Gasteiger partial charge >= 0.3 is 5.69 Å². The third-order valence-corrected chi connectivity index (χ3v) is 3.70. The number of nitrogen functional groups attached to an aromatic ring is 1. The number of nitrogens with one attached hydrogen (secondary N) is 2. The highest BCUT2D eigenvalue weighted by Crippen LogP contribution is 2.16. The van der Waals surface area contributed by atoms with Crippen LogP contribution in [0.2, 0.25) is 0 Å². The molecule has 2 heterocycles. The number of hydrogen-bond donors (Lipinski definition) is 3. The van der Waals surface area contributed by atoms with E-state index in [1.165, 1.54) is 11.6 Å². The van der Waals surface area contributed by atoms with Gasteiger partial charge in [-0.2, -0.15) is 11.3 Å². The second-order valence-corrected chi connectivity index (χ2v) is 4.76. The number of anilines is 2. The smallest absolute Gasteiger partial charge is 0.329 e. The van der Waals surface area contributed by atoms with Crippen molar-refractivity contribution in [3.05, 3.63) is 42.7 Å². The zero-order valence-corrected chi connectivity index (χ0v) is 10.9. The number of aromatic amines is 1. The highest BCUT2D eigenvalue weighted by molar-refractivity contribution is 7.08. The summed E-state index contributed by atoms with van der Waals surface area (Å²) in [5.74, 6) is 0.136. The molecule has 7 heteroatoms. The molecule has 18 heavy (non-hydrogen) atoms. The average Bonchev–Trinajstić information content (AvgIpc) is 2.72. The Balaban J connectivity index is 2.31.